The first-order chi connectivity index (χ1) is 9.12. The zero-order valence-corrected chi connectivity index (χ0v) is 13.3. The number of aryl methyl sites for hydroxylation is 2. The molecule has 3 nitrogen and oxygen atoms in total. The second-order valence-corrected chi connectivity index (χ2v) is 4.49. The third-order valence-corrected chi connectivity index (χ3v) is 2.13. The number of nitrogens with zero attached hydrogens (tertiary/aromatic N) is 3. The van der Waals surface area contributed by atoms with Crippen molar-refractivity contribution in [1.29, 1.82) is 0 Å². The van der Waals surface area contributed by atoms with Crippen molar-refractivity contribution in [3.8, 4) is 5.82 Å². The number of aromatic nitrogens is 3. The van der Waals surface area contributed by atoms with Crippen molar-refractivity contribution in [2.45, 2.75) is 40.5 Å². The van der Waals surface area contributed by atoms with Gasteiger partial charge >= 0.3 is 5.82 Å². The van der Waals surface area contributed by atoms with Crippen LogP contribution in [0.15, 0.2) is 42.9 Å². The summed E-state index contributed by atoms with van der Waals surface area (Å²) in [5.41, 5.74) is 0. The summed E-state index contributed by atoms with van der Waals surface area (Å²) in [5.74, 6) is 1.15. The predicted molar refractivity (Wildman–Crippen MR) is 80.1 cm³/mol. The molecule has 3 heteroatoms. The van der Waals surface area contributed by atoms with Crippen molar-refractivity contribution in [3.05, 3.63) is 42.9 Å². The molecule has 0 bridgehead atoms. The van der Waals surface area contributed by atoms with Crippen LogP contribution in [0.1, 0.15) is 40.5 Å². The number of pyridine rings is 1. The molecule has 0 aromatic carbocycles. The molecule has 0 aliphatic rings. The van der Waals surface area contributed by atoms with E-state index in [0.29, 0.717) is 0 Å². The Hall–Kier alpha value is -1.64. The average Bonchev–Trinajstić information content (AvgIpc) is 2.78. The third kappa shape index (κ3) is 6.18. The molecular formula is C16H29N3+2. The van der Waals surface area contributed by atoms with Gasteiger partial charge < -0.3 is 0 Å². The highest BCUT2D eigenvalue weighted by Crippen LogP contribution is 1.95. The van der Waals surface area contributed by atoms with Gasteiger partial charge in [-0.05, 0) is 10.7 Å². The van der Waals surface area contributed by atoms with Crippen LogP contribution in [0, 0.1) is 0 Å². The maximum atomic E-state index is 2.12. The molecule has 19 heavy (non-hydrogen) atoms. The summed E-state index contributed by atoms with van der Waals surface area (Å²) >= 11 is 0. The minimum atomic E-state index is 1.15. The normalized spacial score (nSPS) is 8.95. The molecule has 0 atom stereocenters. The summed E-state index contributed by atoms with van der Waals surface area (Å²) < 4.78 is 6.20. The largest absolute Gasteiger partial charge is 0.342 e. The molecule has 0 amide bonds. The van der Waals surface area contributed by atoms with Crippen molar-refractivity contribution < 1.29 is 9.25 Å². The van der Waals surface area contributed by atoms with Crippen LogP contribution >= 0.6 is 0 Å². The highest BCUT2D eigenvalue weighted by Gasteiger charge is 2.15. The molecule has 106 valence electrons. The van der Waals surface area contributed by atoms with Crippen LogP contribution in [-0.4, -0.2) is 4.68 Å². The zero-order chi connectivity index (χ0) is 14.7. The molecular weight excluding hydrogens is 234 g/mol. The smallest absolute Gasteiger partial charge is 0.232 e. The van der Waals surface area contributed by atoms with Gasteiger partial charge in [-0.1, -0.05) is 46.6 Å². The Labute approximate surface area is 118 Å². The van der Waals surface area contributed by atoms with E-state index >= 15 is 0 Å². The SMILES string of the molecule is CCC.CCC.C[n+]1ccccc1-n1ccc[n+]1C. The Bertz CT molecular complexity index is 445. The standard InChI is InChI=1S/C10H13N3.2C3H8/c1-11-7-4-3-6-10(11)13-9-5-8-12(13)2;2*1-3-2/h3-9H,1-2H3;2*3H2,1-2H3/q+2;;. The van der Waals surface area contributed by atoms with Crippen LogP contribution in [0.4, 0.5) is 0 Å². The lowest BCUT2D eigenvalue weighted by Gasteiger charge is -1.95. The van der Waals surface area contributed by atoms with Gasteiger partial charge in [0.05, 0.1) is 19.3 Å². The quantitative estimate of drug-likeness (QED) is 0.702. The van der Waals surface area contributed by atoms with Crippen LogP contribution in [0.5, 0.6) is 0 Å². The van der Waals surface area contributed by atoms with Crippen molar-refractivity contribution in [2.24, 2.45) is 14.1 Å². The van der Waals surface area contributed by atoms with E-state index in [1.165, 1.54) is 12.8 Å². The van der Waals surface area contributed by atoms with Gasteiger partial charge in [0.15, 0.2) is 13.2 Å². The maximum absolute atomic E-state index is 2.12. The summed E-state index contributed by atoms with van der Waals surface area (Å²) in [6.07, 6.45) is 8.59. The third-order valence-electron chi connectivity index (χ3n) is 2.13. The summed E-state index contributed by atoms with van der Waals surface area (Å²) in [6, 6.07) is 8.16. The predicted octanol–water partition coefficient (Wildman–Crippen LogP) is 2.96. The van der Waals surface area contributed by atoms with E-state index in [1.54, 1.807) is 0 Å². The van der Waals surface area contributed by atoms with E-state index < -0.39 is 0 Å². The Kier molecular flexibility index (Phi) is 9.41. The molecule has 0 saturated heterocycles. The number of rotatable bonds is 1. The Morgan fingerprint density at radius 2 is 1.47 bits per heavy atom. The molecule has 0 unspecified atom stereocenters. The monoisotopic (exact) mass is 263 g/mol. The molecule has 2 aromatic rings. The average molecular weight is 263 g/mol. The van der Waals surface area contributed by atoms with E-state index in [4.69, 9.17) is 0 Å². The van der Waals surface area contributed by atoms with Crippen LogP contribution in [-0.2, 0) is 14.1 Å². The minimum Gasteiger partial charge on any atom is -0.232 e. The first-order valence-electron chi connectivity index (χ1n) is 7.10. The minimum absolute atomic E-state index is 1.15. The van der Waals surface area contributed by atoms with E-state index in [9.17, 15) is 0 Å². The van der Waals surface area contributed by atoms with Crippen molar-refractivity contribution in [1.82, 2.24) is 4.68 Å². The Morgan fingerprint density at radius 3 is 1.89 bits per heavy atom. The van der Waals surface area contributed by atoms with E-state index in [2.05, 4.69) is 43.0 Å². The molecule has 0 N–H and O–H groups in total. The molecule has 2 heterocycles. The van der Waals surface area contributed by atoms with E-state index in [1.807, 2.05) is 55.6 Å². The first kappa shape index (κ1) is 17.4. The van der Waals surface area contributed by atoms with Gasteiger partial charge in [-0.2, -0.15) is 0 Å². The fraction of sp³-hybridized carbons (Fsp3) is 0.500. The molecule has 2 aromatic heterocycles. The lowest BCUT2D eigenvalue weighted by Crippen LogP contribution is -2.44. The lowest BCUT2D eigenvalue weighted by atomic mass is 10.4. The summed E-state index contributed by atoms with van der Waals surface area (Å²) in [4.78, 5) is 0. The van der Waals surface area contributed by atoms with Crippen LogP contribution in [0.2, 0.25) is 0 Å². The highest BCUT2D eigenvalue weighted by molar-refractivity contribution is 5.11. The van der Waals surface area contributed by atoms with Crippen LogP contribution < -0.4 is 9.25 Å². The van der Waals surface area contributed by atoms with Gasteiger partial charge in [0.25, 0.3) is 0 Å². The highest BCUT2D eigenvalue weighted by atomic mass is 15.4. The lowest BCUT2D eigenvalue weighted by molar-refractivity contribution is -0.765. The second kappa shape index (κ2) is 10.3. The molecule has 0 spiro atoms. The first-order valence-corrected chi connectivity index (χ1v) is 7.10. The van der Waals surface area contributed by atoms with Crippen molar-refractivity contribution in [3.63, 3.8) is 0 Å². The maximum Gasteiger partial charge on any atom is 0.342 e. The van der Waals surface area contributed by atoms with Crippen LogP contribution in [0.25, 0.3) is 5.82 Å². The molecule has 0 aliphatic heterocycles. The zero-order valence-electron chi connectivity index (χ0n) is 13.3. The van der Waals surface area contributed by atoms with E-state index in [-0.39, 0.29) is 0 Å². The number of hydrogen-bond acceptors (Lipinski definition) is 0. The molecule has 0 radical (unpaired) electrons. The van der Waals surface area contributed by atoms with Crippen molar-refractivity contribution in [2.75, 3.05) is 0 Å². The van der Waals surface area contributed by atoms with Gasteiger partial charge in [-0.25, -0.2) is 4.57 Å². The summed E-state index contributed by atoms with van der Waals surface area (Å²) in [5, 5.41) is 0. The van der Waals surface area contributed by atoms with Gasteiger partial charge in [-0.3, -0.25) is 0 Å². The van der Waals surface area contributed by atoms with Gasteiger partial charge in [0.2, 0.25) is 6.20 Å². The van der Waals surface area contributed by atoms with Gasteiger partial charge in [0.1, 0.15) is 0 Å². The van der Waals surface area contributed by atoms with Crippen LogP contribution in [0.3, 0.4) is 0 Å². The molecule has 0 fully saturated rings. The topological polar surface area (TPSA) is 12.7 Å². The summed E-state index contributed by atoms with van der Waals surface area (Å²) in [6.45, 7) is 8.50. The molecule has 0 saturated carbocycles. The van der Waals surface area contributed by atoms with Gasteiger partial charge in [-0.15, -0.1) is 0 Å². The molecule has 0 aliphatic carbocycles. The Morgan fingerprint density at radius 1 is 0.895 bits per heavy atom. The number of hydrogen-bond donors (Lipinski definition) is 0. The molecule has 2 rings (SSSR count). The van der Waals surface area contributed by atoms with Crippen molar-refractivity contribution >= 4 is 0 Å². The fourth-order valence-corrected chi connectivity index (χ4v) is 1.41. The van der Waals surface area contributed by atoms with Gasteiger partial charge in [0, 0.05) is 10.7 Å². The Balaban J connectivity index is 0.000000465. The summed E-state index contributed by atoms with van der Waals surface area (Å²) in [7, 11) is 4.06. The fourth-order valence-electron chi connectivity index (χ4n) is 1.41. The van der Waals surface area contributed by atoms with E-state index in [0.717, 1.165) is 5.82 Å². The second-order valence-electron chi connectivity index (χ2n) is 4.49.